The van der Waals surface area contributed by atoms with Crippen LogP contribution in [0, 0.1) is 0 Å². The minimum absolute atomic E-state index is 0.0163. The molecule has 20 heavy (non-hydrogen) atoms. The minimum atomic E-state index is -0.234. The first kappa shape index (κ1) is 14.5. The molecule has 0 saturated heterocycles. The first-order chi connectivity index (χ1) is 9.55. The lowest BCUT2D eigenvalue weighted by Gasteiger charge is -2.09. The highest BCUT2D eigenvalue weighted by Gasteiger charge is 2.13. The van der Waals surface area contributed by atoms with Crippen LogP contribution in [0.25, 0.3) is 0 Å². The number of hydrogen-bond donors (Lipinski definition) is 2. The highest BCUT2D eigenvalue weighted by molar-refractivity contribution is 9.10. The molecule has 2 aromatic rings. The number of carbonyl (C=O) groups is 1. The van der Waals surface area contributed by atoms with E-state index in [0.29, 0.717) is 23.7 Å². The number of aryl methyl sites for hydroxylation is 1. The summed E-state index contributed by atoms with van der Waals surface area (Å²) >= 11 is 3.35. The van der Waals surface area contributed by atoms with Gasteiger partial charge in [0.05, 0.1) is 7.11 Å². The zero-order valence-electron chi connectivity index (χ0n) is 11.2. The Morgan fingerprint density at radius 1 is 1.45 bits per heavy atom. The topological polar surface area (TPSA) is 63.5 Å². The van der Waals surface area contributed by atoms with Gasteiger partial charge in [0.1, 0.15) is 5.69 Å². The number of aromatic hydroxyl groups is 1. The van der Waals surface area contributed by atoms with Gasteiger partial charge in [-0.15, -0.1) is 0 Å². The molecule has 1 aromatic carbocycles. The smallest absolute Gasteiger partial charge is 0.272 e. The number of phenols is 1. The number of methoxy groups -OCH3 is 1. The fourth-order valence-corrected chi connectivity index (χ4v) is 2.35. The van der Waals surface area contributed by atoms with Gasteiger partial charge in [0.2, 0.25) is 0 Å². The van der Waals surface area contributed by atoms with Gasteiger partial charge in [-0.2, -0.15) is 0 Å². The quantitative estimate of drug-likeness (QED) is 0.899. The number of carbonyl (C=O) groups excluding carboxylic acids is 1. The number of nitrogens with one attached hydrogen (secondary N) is 1. The predicted octanol–water partition coefficient (Wildman–Crippen LogP) is 3.24. The number of halogens is 1. The van der Waals surface area contributed by atoms with Gasteiger partial charge in [-0.3, -0.25) is 4.79 Å². The maximum absolute atomic E-state index is 12.2. The Morgan fingerprint density at radius 3 is 2.80 bits per heavy atom. The minimum Gasteiger partial charge on any atom is -0.504 e. The number of benzene rings is 1. The number of ether oxygens (including phenoxy) is 1. The fraction of sp³-hybridized carbons (Fsp3) is 0.214. The van der Waals surface area contributed by atoms with Gasteiger partial charge in [0, 0.05) is 29.0 Å². The number of amides is 1. The van der Waals surface area contributed by atoms with Crippen LogP contribution in [0.3, 0.4) is 0 Å². The molecule has 0 fully saturated rings. The Balaban J connectivity index is 2.21. The second kappa shape index (κ2) is 6.00. The molecular weight excluding hydrogens is 324 g/mol. The van der Waals surface area contributed by atoms with Crippen LogP contribution < -0.4 is 10.1 Å². The van der Waals surface area contributed by atoms with Crippen molar-refractivity contribution in [2.45, 2.75) is 13.5 Å². The third-order valence-corrected chi connectivity index (χ3v) is 3.31. The average molecular weight is 339 g/mol. The SMILES string of the molecule is CCn1cc(Br)cc1C(=O)Nc1ccc(OC)c(O)c1. The summed E-state index contributed by atoms with van der Waals surface area (Å²) in [5, 5.41) is 12.4. The average Bonchev–Trinajstić information content (AvgIpc) is 2.80. The summed E-state index contributed by atoms with van der Waals surface area (Å²) in [7, 11) is 1.47. The molecule has 0 aliphatic heterocycles. The summed E-state index contributed by atoms with van der Waals surface area (Å²) in [6.07, 6.45) is 1.85. The number of phenolic OH excluding ortho intramolecular Hbond substituents is 1. The van der Waals surface area contributed by atoms with E-state index >= 15 is 0 Å². The zero-order chi connectivity index (χ0) is 14.7. The van der Waals surface area contributed by atoms with Gasteiger partial charge in [0.25, 0.3) is 5.91 Å². The maximum atomic E-state index is 12.2. The van der Waals surface area contributed by atoms with Crippen molar-refractivity contribution >= 4 is 27.5 Å². The Hall–Kier alpha value is -1.95. The first-order valence-corrected chi connectivity index (χ1v) is 6.88. The largest absolute Gasteiger partial charge is 0.504 e. The molecule has 106 valence electrons. The lowest BCUT2D eigenvalue weighted by atomic mass is 10.2. The second-order valence-electron chi connectivity index (χ2n) is 4.17. The number of anilines is 1. The molecule has 2 N–H and O–H groups in total. The molecule has 0 saturated carbocycles. The molecule has 0 unspecified atom stereocenters. The van der Waals surface area contributed by atoms with Crippen LogP contribution in [0.4, 0.5) is 5.69 Å². The van der Waals surface area contributed by atoms with E-state index in [1.54, 1.807) is 18.2 Å². The second-order valence-corrected chi connectivity index (χ2v) is 5.09. The number of nitrogens with zero attached hydrogens (tertiary/aromatic N) is 1. The van der Waals surface area contributed by atoms with E-state index in [0.717, 1.165) is 4.47 Å². The lowest BCUT2D eigenvalue weighted by molar-refractivity contribution is 0.101. The third-order valence-electron chi connectivity index (χ3n) is 2.87. The summed E-state index contributed by atoms with van der Waals surface area (Å²) in [5.74, 6) is 0.113. The van der Waals surface area contributed by atoms with Crippen molar-refractivity contribution in [3.8, 4) is 11.5 Å². The molecular formula is C14H15BrN2O3. The Kier molecular flexibility index (Phi) is 4.34. The summed E-state index contributed by atoms with van der Waals surface area (Å²) in [5.41, 5.74) is 1.06. The molecule has 0 radical (unpaired) electrons. The first-order valence-electron chi connectivity index (χ1n) is 6.09. The molecule has 0 bridgehead atoms. The molecule has 0 aliphatic rings. The van der Waals surface area contributed by atoms with Crippen molar-refractivity contribution in [1.82, 2.24) is 4.57 Å². The summed E-state index contributed by atoms with van der Waals surface area (Å²) in [4.78, 5) is 12.2. The van der Waals surface area contributed by atoms with E-state index in [1.807, 2.05) is 17.7 Å². The van der Waals surface area contributed by atoms with Gasteiger partial charge in [-0.1, -0.05) is 0 Å². The van der Waals surface area contributed by atoms with Gasteiger partial charge >= 0.3 is 0 Å². The van der Waals surface area contributed by atoms with Gasteiger partial charge in [0.15, 0.2) is 11.5 Å². The van der Waals surface area contributed by atoms with Crippen molar-refractivity contribution in [2.75, 3.05) is 12.4 Å². The Bertz CT molecular complexity index is 637. The van der Waals surface area contributed by atoms with E-state index in [-0.39, 0.29) is 11.7 Å². The Labute approximate surface area is 125 Å². The maximum Gasteiger partial charge on any atom is 0.272 e. The van der Waals surface area contributed by atoms with E-state index < -0.39 is 0 Å². The summed E-state index contributed by atoms with van der Waals surface area (Å²) < 4.78 is 7.64. The molecule has 0 atom stereocenters. The summed E-state index contributed by atoms with van der Waals surface area (Å²) in [6.45, 7) is 2.66. The molecule has 6 heteroatoms. The van der Waals surface area contributed by atoms with Gasteiger partial charge in [-0.25, -0.2) is 0 Å². The van der Waals surface area contributed by atoms with Gasteiger partial charge < -0.3 is 19.7 Å². The van der Waals surface area contributed by atoms with Crippen molar-refractivity contribution in [3.05, 3.63) is 40.6 Å². The molecule has 0 spiro atoms. The molecule has 1 aromatic heterocycles. The number of rotatable bonds is 4. The van der Waals surface area contributed by atoms with Crippen LogP contribution in [0.2, 0.25) is 0 Å². The highest BCUT2D eigenvalue weighted by Crippen LogP contribution is 2.28. The highest BCUT2D eigenvalue weighted by atomic mass is 79.9. The molecule has 0 aliphatic carbocycles. The zero-order valence-corrected chi connectivity index (χ0v) is 12.8. The monoisotopic (exact) mass is 338 g/mol. The van der Waals surface area contributed by atoms with Crippen molar-refractivity contribution < 1.29 is 14.6 Å². The van der Waals surface area contributed by atoms with Crippen LogP contribution in [-0.4, -0.2) is 22.7 Å². The van der Waals surface area contributed by atoms with Crippen LogP contribution >= 0.6 is 15.9 Å². The predicted molar refractivity (Wildman–Crippen MR) is 80.4 cm³/mol. The normalized spacial score (nSPS) is 10.3. The molecule has 5 nitrogen and oxygen atoms in total. The number of aromatic nitrogens is 1. The van der Waals surface area contributed by atoms with Crippen LogP contribution in [0.5, 0.6) is 11.5 Å². The lowest BCUT2D eigenvalue weighted by Crippen LogP contribution is -2.16. The Morgan fingerprint density at radius 2 is 2.20 bits per heavy atom. The molecule has 2 rings (SSSR count). The van der Waals surface area contributed by atoms with Crippen molar-refractivity contribution in [1.29, 1.82) is 0 Å². The molecule has 1 heterocycles. The van der Waals surface area contributed by atoms with E-state index in [9.17, 15) is 9.90 Å². The number of hydrogen-bond acceptors (Lipinski definition) is 3. The van der Waals surface area contributed by atoms with Crippen molar-refractivity contribution in [3.63, 3.8) is 0 Å². The van der Waals surface area contributed by atoms with Gasteiger partial charge in [-0.05, 0) is 41.1 Å². The van der Waals surface area contributed by atoms with Crippen molar-refractivity contribution in [2.24, 2.45) is 0 Å². The fourth-order valence-electron chi connectivity index (χ4n) is 1.89. The third kappa shape index (κ3) is 2.96. The van der Waals surface area contributed by atoms with E-state index in [1.165, 1.54) is 13.2 Å². The van der Waals surface area contributed by atoms with Crippen LogP contribution in [0.1, 0.15) is 17.4 Å². The summed E-state index contributed by atoms with van der Waals surface area (Å²) in [6, 6.07) is 6.47. The van der Waals surface area contributed by atoms with E-state index in [4.69, 9.17) is 4.74 Å². The standard InChI is InChI=1S/C14H15BrN2O3/c1-3-17-8-9(15)6-11(17)14(19)16-10-4-5-13(20-2)12(18)7-10/h4-8,18H,3H2,1-2H3,(H,16,19). The van der Waals surface area contributed by atoms with E-state index in [2.05, 4.69) is 21.2 Å². The van der Waals surface area contributed by atoms with Crippen LogP contribution in [-0.2, 0) is 6.54 Å². The van der Waals surface area contributed by atoms with Crippen LogP contribution in [0.15, 0.2) is 34.9 Å². The molecule has 1 amide bonds.